The number of pyridine rings is 1. The van der Waals surface area contributed by atoms with Crippen LogP contribution in [0.1, 0.15) is 19.0 Å². The van der Waals surface area contributed by atoms with Crippen LogP contribution in [0.3, 0.4) is 0 Å². The summed E-state index contributed by atoms with van der Waals surface area (Å²) in [7, 11) is 0. The lowest BCUT2D eigenvalue weighted by atomic mass is 9.96. The van der Waals surface area contributed by atoms with Crippen molar-refractivity contribution in [1.82, 2.24) is 4.98 Å². The van der Waals surface area contributed by atoms with Gasteiger partial charge in [0.1, 0.15) is 5.78 Å². The summed E-state index contributed by atoms with van der Waals surface area (Å²) in [6.45, 7) is 1.61. The van der Waals surface area contributed by atoms with Crippen LogP contribution in [0.15, 0.2) is 22.8 Å². The molecule has 1 atom stereocenters. The molecule has 1 rings (SSSR count). The normalized spacial score (nSPS) is 12.5. The molecule has 0 aliphatic heterocycles. The van der Waals surface area contributed by atoms with Crippen LogP contribution in [-0.4, -0.2) is 16.6 Å². The third kappa shape index (κ3) is 4.31. The molecular weight excluding hydrogens is 277 g/mol. The fourth-order valence-electron chi connectivity index (χ4n) is 1.36. The standard InChI is InChI=1S/C11H13BrClNO/c1-8(15)9(4-5-13)6-11-3-2-10(12)7-14-11/h2-3,7,9H,4-6H2,1H3. The lowest BCUT2D eigenvalue weighted by molar-refractivity contribution is -0.120. The van der Waals surface area contributed by atoms with Gasteiger partial charge in [-0.1, -0.05) is 0 Å². The van der Waals surface area contributed by atoms with Crippen molar-refractivity contribution in [2.24, 2.45) is 5.92 Å². The van der Waals surface area contributed by atoms with E-state index in [-0.39, 0.29) is 11.7 Å². The summed E-state index contributed by atoms with van der Waals surface area (Å²) < 4.78 is 0.947. The Balaban J connectivity index is 2.65. The molecule has 0 saturated carbocycles. The Morgan fingerprint density at radius 3 is 2.80 bits per heavy atom. The van der Waals surface area contributed by atoms with E-state index in [1.54, 1.807) is 13.1 Å². The van der Waals surface area contributed by atoms with Crippen LogP contribution in [0.25, 0.3) is 0 Å². The first kappa shape index (κ1) is 12.7. The van der Waals surface area contributed by atoms with E-state index in [1.165, 1.54) is 0 Å². The second-order valence-electron chi connectivity index (χ2n) is 3.46. The number of halogens is 2. The van der Waals surface area contributed by atoms with Gasteiger partial charge >= 0.3 is 0 Å². The van der Waals surface area contributed by atoms with E-state index >= 15 is 0 Å². The van der Waals surface area contributed by atoms with Gasteiger partial charge in [0, 0.05) is 28.2 Å². The van der Waals surface area contributed by atoms with Gasteiger partial charge in [0.25, 0.3) is 0 Å². The molecule has 1 unspecified atom stereocenters. The van der Waals surface area contributed by atoms with Gasteiger partial charge in [-0.05, 0) is 47.8 Å². The average Bonchev–Trinajstić information content (AvgIpc) is 2.20. The summed E-state index contributed by atoms with van der Waals surface area (Å²) in [6, 6.07) is 3.86. The number of hydrogen-bond acceptors (Lipinski definition) is 2. The molecule has 2 nitrogen and oxygen atoms in total. The van der Waals surface area contributed by atoms with Crippen LogP contribution in [0.5, 0.6) is 0 Å². The van der Waals surface area contributed by atoms with Crippen LogP contribution < -0.4 is 0 Å². The van der Waals surface area contributed by atoms with Crippen LogP contribution in [-0.2, 0) is 11.2 Å². The molecule has 0 aliphatic rings. The van der Waals surface area contributed by atoms with E-state index in [0.717, 1.165) is 10.2 Å². The number of rotatable bonds is 5. The second kappa shape index (κ2) is 6.23. The van der Waals surface area contributed by atoms with E-state index in [2.05, 4.69) is 20.9 Å². The van der Waals surface area contributed by atoms with Gasteiger partial charge in [-0.15, -0.1) is 11.6 Å². The maximum Gasteiger partial charge on any atom is 0.133 e. The predicted molar refractivity (Wildman–Crippen MR) is 65.1 cm³/mol. The van der Waals surface area contributed by atoms with E-state index in [4.69, 9.17) is 11.6 Å². The quantitative estimate of drug-likeness (QED) is 0.779. The van der Waals surface area contributed by atoms with Crippen LogP contribution >= 0.6 is 27.5 Å². The van der Waals surface area contributed by atoms with Crippen molar-refractivity contribution in [2.75, 3.05) is 5.88 Å². The minimum atomic E-state index is -0.00354. The molecule has 0 aromatic carbocycles. The Hall–Kier alpha value is -0.410. The Morgan fingerprint density at radius 2 is 2.33 bits per heavy atom. The maximum atomic E-state index is 11.3. The molecule has 0 spiro atoms. The zero-order valence-electron chi connectivity index (χ0n) is 8.54. The van der Waals surface area contributed by atoms with Gasteiger partial charge < -0.3 is 0 Å². The number of Topliss-reactive ketones (excluding diaryl/α,β-unsaturated/α-hetero) is 1. The van der Waals surface area contributed by atoms with Gasteiger partial charge in [-0.2, -0.15) is 0 Å². The first-order valence-corrected chi connectivity index (χ1v) is 6.13. The fourth-order valence-corrected chi connectivity index (χ4v) is 1.86. The zero-order valence-corrected chi connectivity index (χ0v) is 10.9. The van der Waals surface area contributed by atoms with Crippen molar-refractivity contribution in [2.45, 2.75) is 19.8 Å². The molecule has 1 aromatic rings. The lowest BCUT2D eigenvalue weighted by Gasteiger charge is -2.11. The Labute approximate surface area is 103 Å². The third-order valence-electron chi connectivity index (χ3n) is 2.28. The van der Waals surface area contributed by atoms with E-state index in [0.29, 0.717) is 18.7 Å². The molecule has 4 heteroatoms. The highest BCUT2D eigenvalue weighted by Crippen LogP contribution is 2.14. The molecule has 1 aromatic heterocycles. The van der Waals surface area contributed by atoms with E-state index in [9.17, 15) is 4.79 Å². The minimum absolute atomic E-state index is 0.00354. The van der Waals surface area contributed by atoms with Gasteiger partial charge in [-0.25, -0.2) is 0 Å². The number of hydrogen-bond donors (Lipinski definition) is 0. The van der Waals surface area contributed by atoms with Crippen LogP contribution in [0, 0.1) is 5.92 Å². The topological polar surface area (TPSA) is 30.0 Å². The van der Waals surface area contributed by atoms with Crippen molar-refractivity contribution < 1.29 is 4.79 Å². The molecule has 1 heterocycles. The molecule has 0 radical (unpaired) electrons. The van der Waals surface area contributed by atoms with Crippen molar-refractivity contribution in [1.29, 1.82) is 0 Å². The average molecular weight is 291 g/mol. The molecule has 0 amide bonds. The third-order valence-corrected chi connectivity index (χ3v) is 2.96. The number of carbonyl (C=O) groups is 1. The highest BCUT2D eigenvalue weighted by atomic mass is 79.9. The molecule has 0 saturated heterocycles. The number of ketones is 1. The SMILES string of the molecule is CC(=O)C(CCCl)Cc1ccc(Br)cn1. The Morgan fingerprint density at radius 1 is 1.60 bits per heavy atom. The summed E-state index contributed by atoms with van der Waals surface area (Å²) in [6.07, 6.45) is 3.14. The smallest absolute Gasteiger partial charge is 0.133 e. The molecule has 15 heavy (non-hydrogen) atoms. The number of aromatic nitrogens is 1. The first-order valence-electron chi connectivity index (χ1n) is 4.80. The predicted octanol–water partition coefficient (Wildman–Crippen LogP) is 3.22. The van der Waals surface area contributed by atoms with Crippen molar-refractivity contribution in [3.05, 3.63) is 28.5 Å². The monoisotopic (exact) mass is 289 g/mol. The molecule has 0 bridgehead atoms. The summed E-state index contributed by atoms with van der Waals surface area (Å²) in [5.74, 6) is 0.692. The van der Waals surface area contributed by atoms with Gasteiger partial charge in [-0.3, -0.25) is 9.78 Å². The first-order chi connectivity index (χ1) is 7.13. The number of carbonyl (C=O) groups excluding carboxylic acids is 1. The van der Waals surface area contributed by atoms with Crippen molar-refractivity contribution in [3.63, 3.8) is 0 Å². The second-order valence-corrected chi connectivity index (χ2v) is 4.75. The van der Waals surface area contributed by atoms with E-state index < -0.39 is 0 Å². The fraction of sp³-hybridized carbons (Fsp3) is 0.455. The summed E-state index contributed by atoms with van der Waals surface area (Å²) in [5.41, 5.74) is 0.934. The Kier molecular flexibility index (Phi) is 5.26. The van der Waals surface area contributed by atoms with E-state index in [1.807, 2.05) is 12.1 Å². The molecule has 0 N–H and O–H groups in total. The van der Waals surface area contributed by atoms with Gasteiger partial charge in [0.15, 0.2) is 0 Å². The van der Waals surface area contributed by atoms with Crippen LogP contribution in [0.2, 0.25) is 0 Å². The molecular formula is C11H13BrClNO. The van der Waals surface area contributed by atoms with Crippen molar-refractivity contribution in [3.8, 4) is 0 Å². The maximum absolute atomic E-state index is 11.3. The molecule has 0 aliphatic carbocycles. The summed E-state index contributed by atoms with van der Waals surface area (Å²) in [5, 5.41) is 0. The molecule has 0 fully saturated rings. The van der Waals surface area contributed by atoms with Gasteiger partial charge in [0.2, 0.25) is 0 Å². The summed E-state index contributed by atoms with van der Waals surface area (Å²) >= 11 is 8.97. The lowest BCUT2D eigenvalue weighted by Crippen LogP contribution is -2.15. The highest BCUT2D eigenvalue weighted by Gasteiger charge is 2.14. The zero-order chi connectivity index (χ0) is 11.3. The number of nitrogens with zero attached hydrogens (tertiary/aromatic N) is 1. The highest BCUT2D eigenvalue weighted by molar-refractivity contribution is 9.10. The molecule has 82 valence electrons. The minimum Gasteiger partial charge on any atom is -0.300 e. The Bertz CT molecular complexity index is 326. The van der Waals surface area contributed by atoms with Crippen LogP contribution in [0.4, 0.5) is 0 Å². The van der Waals surface area contributed by atoms with Crippen molar-refractivity contribution >= 4 is 33.3 Å². The largest absolute Gasteiger partial charge is 0.300 e. The number of alkyl halides is 1. The summed E-state index contributed by atoms with van der Waals surface area (Å²) in [4.78, 5) is 15.6. The van der Waals surface area contributed by atoms with Gasteiger partial charge in [0.05, 0.1) is 0 Å².